The quantitative estimate of drug-likeness (QED) is 0.538. The van der Waals surface area contributed by atoms with Gasteiger partial charge in [-0.05, 0) is 54.4 Å². The van der Waals surface area contributed by atoms with Gasteiger partial charge in [-0.3, -0.25) is 4.79 Å². The second-order valence-corrected chi connectivity index (χ2v) is 8.87. The number of hydrazine groups is 1. The number of benzene rings is 3. The normalized spacial score (nSPS) is 25.5. The molecule has 4 unspecified atom stereocenters. The summed E-state index contributed by atoms with van der Waals surface area (Å²) in [5.41, 5.74) is 10.6. The summed E-state index contributed by atoms with van der Waals surface area (Å²) in [7, 11) is 0. The Morgan fingerprint density at radius 1 is 0.900 bits per heavy atom. The molecule has 2 fully saturated rings. The Bertz CT molecular complexity index is 1080. The number of carbonyl (C=O) groups is 1. The molecule has 2 aliphatic heterocycles. The zero-order valence-electron chi connectivity index (χ0n) is 16.4. The number of hydrogen-bond donors (Lipinski definition) is 3. The summed E-state index contributed by atoms with van der Waals surface area (Å²) < 4.78 is 1.02. The average molecular weight is 464 g/mol. The number of phenolic OH excluding ortho intramolecular Hbond substituents is 1. The van der Waals surface area contributed by atoms with Crippen molar-refractivity contribution in [3.63, 3.8) is 0 Å². The molecule has 1 amide bonds. The van der Waals surface area contributed by atoms with Gasteiger partial charge in [0.1, 0.15) is 11.8 Å². The summed E-state index contributed by atoms with van der Waals surface area (Å²) in [6.45, 7) is 2.03. The van der Waals surface area contributed by atoms with Crippen LogP contribution >= 0.6 is 15.9 Å². The topological polar surface area (TPSA) is 64.6 Å². The minimum atomic E-state index is -0.354. The third kappa shape index (κ3) is 3.21. The van der Waals surface area contributed by atoms with Crippen molar-refractivity contribution in [3.8, 4) is 5.75 Å². The molecule has 0 aliphatic carbocycles. The van der Waals surface area contributed by atoms with Gasteiger partial charge in [-0.15, -0.1) is 0 Å². The maximum absolute atomic E-state index is 13.5. The van der Waals surface area contributed by atoms with E-state index in [4.69, 9.17) is 0 Å². The van der Waals surface area contributed by atoms with Crippen LogP contribution in [0.2, 0.25) is 0 Å². The van der Waals surface area contributed by atoms with Crippen LogP contribution in [0.4, 0.5) is 5.69 Å². The van der Waals surface area contributed by atoms with E-state index in [1.165, 1.54) is 0 Å². The molecule has 2 saturated heterocycles. The van der Waals surface area contributed by atoms with E-state index in [1.54, 1.807) is 12.1 Å². The molecule has 0 saturated carbocycles. The SMILES string of the molecule is Cc1ccc(N2C(=O)C3NNC(c4ccc(Br)cc4)C3C2c2cccc(O)c2)cc1. The maximum atomic E-state index is 13.5. The first-order chi connectivity index (χ1) is 14.5. The fourth-order valence-corrected chi connectivity index (χ4v) is 4.93. The average Bonchev–Trinajstić information content (AvgIpc) is 3.28. The van der Waals surface area contributed by atoms with Gasteiger partial charge in [0.2, 0.25) is 5.91 Å². The van der Waals surface area contributed by atoms with Crippen molar-refractivity contribution in [1.29, 1.82) is 0 Å². The molecule has 5 nitrogen and oxygen atoms in total. The third-order valence-corrected chi connectivity index (χ3v) is 6.59. The first kappa shape index (κ1) is 19.3. The van der Waals surface area contributed by atoms with Crippen LogP contribution in [0.3, 0.4) is 0 Å². The Morgan fingerprint density at radius 3 is 2.30 bits per heavy atom. The summed E-state index contributed by atoms with van der Waals surface area (Å²) >= 11 is 3.50. The second kappa shape index (κ2) is 7.54. The Morgan fingerprint density at radius 2 is 1.60 bits per heavy atom. The molecule has 3 aromatic rings. The molecule has 2 heterocycles. The molecule has 6 heteroatoms. The summed E-state index contributed by atoms with van der Waals surface area (Å²) in [6.07, 6.45) is 0. The number of phenols is 1. The summed E-state index contributed by atoms with van der Waals surface area (Å²) in [5, 5.41) is 10.1. The molecule has 30 heavy (non-hydrogen) atoms. The summed E-state index contributed by atoms with van der Waals surface area (Å²) in [4.78, 5) is 15.4. The van der Waals surface area contributed by atoms with Crippen LogP contribution in [-0.4, -0.2) is 17.1 Å². The highest BCUT2D eigenvalue weighted by Crippen LogP contribution is 2.49. The molecule has 0 spiro atoms. The lowest BCUT2D eigenvalue weighted by Gasteiger charge is -2.31. The van der Waals surface area contributed by atoms with Crippen LogP contribution in [0.5, 0.6) is 5.75 Å². The van der Waals surface area contributed by atoms with Crippen LogP contribution in [0, 0.1) is 12.8 Å². The fraction of sp³-hybridized carbons (Fsp3) is 0.208. The fourth-order valence-electron chi connectivity index (χ4n) is 4.66. The molecular weight excluding hydrogens is 442 g/mol. The van der Waals surface area contributed by atoms with Gasteiger partial charge in [0, 0.05) is 16.1 Å². The maximum Gasteiger partial charge on any atom is 0.246 e. The zero-order valence-corrected chi connectivity index (χ0v) is 18.0. The summed E-state index contributed by atoms with van der Waals surface area (Å²) in [6, 6.07) is 22.8. The highest BCUT2D eigenvalue weighted by molar-refractivity contribution is 9.10. The number of aromatic hydroxyl groups is 1. The predicted octanol–water partition coefficient (Wildman–Crippen LogP) is 4.38. The largest absolute Gasteiger partial charge is 0.508 e. The van der Waals surface area contributed by atoms with Gasteiger partial charge in [-0.1, -0.05) is 57.9 Å². The van der Waals surface area contributed by atoms with Crippen molar-refractivity contribution in [2.45, 2.75) is 25.0 Å². The van der Waals surface area contributed by atoms with E-state index in [1.807, 2.05) is 60.4 Å². The van der Waals surface area contributed by atoms with Crippen molar-refractivity contribution in [1.82, 2.24) is 10.9 Å². The van der Waals surface area contributed by atoms with Crippen molar-refractivity contribution in [2.75, 3.05) is 4.90 Å². The number of halogens is 1. The monoisotopic (exact) mass is 463 g/mol. The molecule has 152 valence electrons. The van der Waals surface area contributed by atoms with Gasteiger partial charge in [0.15, 0.2) is 0 Å². The molecule has 0 bridgehead atoms. The van der Waals surface area contributed by atoms with Gasteiger partial charge in [0.05, 0.1) is 12.1 Å². The Labute approximate surface area is 183 Å². The third-order valence-electron chi connectivity index (χ3n) is 6.06. The van der Waals surface area contributed by atoms with Gasteiger partial charge >= 0.3 is 0 Å². The van der Waals surface area contributed by atoms with Crippen LogP contribution in [0.1, 0.15) is 28.8 Å². The van der Waals surface area contributed by atoms with E-state index < -0.39 is 0 Å². The number of amides is 1. The minimum Gasteiger partial charge on any atom is -0.508 e. The van der Waals surface area contributed by atoms with E-state index in [0.717, 1.165) is 26.9 Å². The van der Waals surface area contributed by atoms with Gasteiger partial charge in [-0.2, -0.15) is 0 Å². The molecule has 0 aromatic heterocycles. The lowest BCUT2D eigenvalue weighted by atomic mass is 9.83. The Kier molecular flexibility index (Phi) is 4.85. The lowest BCUT2D eigenvalue weighted by Crippen LogP contribution is -2.41. The van der Waals surface area contributed by atoms with Crippen molar-refractivity contribution in [3.05, 3.63) is 94.0 Å². The van der Waals surface area contributed by atoms with E-state index in [2.05, 4.69) is 38.9 Å². The van der Waals surface area contributed by atoms with Crippen LogP contribution in [-0.2, 0) is 4.79 Å². The number of anilines is 1. The van der Waals surface area contributed by atoms with Gasteiger partial charge in [-0.25, -0.2) is 10.9 Å². The van der Waals surface area contributed by atoms with E-state index >= 15 is 0 Å². The number of carbonyl (C=O) groups excluding carboxylic acids is 1. The molecule has 4 atom stereocenters. The number of nitrogens with one attached hydrogen (secondary N) is 2. The standard InChI is InChI=1S/C24H22BrN3O2/c1-14-5-11-18(12-6-14)28-23(16-3-2-4-19(29)13-16)20-21(26-27-22(20)24(28)30)15-7-9-17(25)10-8-15/h2-13,20-23,26-27,29H,1H3. The lowest BCUT2D eigenvalue weighted by molar-refractivity contribution is -0.119. The molecule has 3 N–H and O–H groups in total. The van der Waals surface area contributed by atoms with Crippen LogP contribution < -0.4 is 15.8 Å². The summed E-state index contributed by atoms with van der Waals surface area (Å²) in [5.74, 6) is 0.192. The Balaban J connectivity index is 1.63. The predicted molar refractivity (Wildman–Crippen MR) is 120 cm³/mol. The van der Waals surface area contributed by atoms with Crippen molar-refractivity contribution >= 4 is 27.5 Å². The number of hydrogen-bond acceptors (Lipinski definition) is 4. The Hall–Kier alpha value is -2.67. The number of aryl methyl sites for hydroxylation is 1. The van der Waals surface area contributed by atoms with E-state index in [9.17, 15) is 9.90 Å². The van der Waals surface area contributed by atoms with Crippen LogP contribution in [0.15, 0.2) is 77.3 Å². The molecule has 2 aliphatic rings. The zero-order chi connectivity index (χ0) is 20.8. The molecule has 5 rings (SSSR count). The number of rotatable bonds is 3. The first-order valence-corrected chi connectivity index (χ1v) is 10.8. The van der Waals surface area contributed by atoms with E-state index in [-0.39, 0.29) is 35.7 Å². The van der Waals surface area contributed by atoms with Gasteiger partial charge < -0.3 is 10.0 Å². The van der Waals surface area contributed by atoms with Gasteiger partial charge in [0.25, 0.3) is 0 Å². The van der Waals surface area contributed by atoms with Crippen molar-refractivity contribution in [2.24, 2.45) is 5.92 Å². The van der Waals surface area contributed by atoms with Crippen LogP contribution in [0.25, 0.3) is 0 Å². The number of nitrogens with zero attached hydrogens (tertiary/aromatic N) is 1. The highest BCUT2D eigenvalue weighted by atomic mass is 79.9. The number of fused-ring (bicyclic) bond motifs is 1. The molecular formula is C24H22BrN3O2. The van der Waals surface area contributed by atoms with E-state index in [0.29, 0.717) is 0 Å². The smallest absolute Gasteiger partial charge is 0.246 e. The molecule has 0 radical (unpaired) electrons. The molecule has 3 aromatic carbocycles. The first-order valence-electron chi connectivity index (χ1n) is 9.98. The van der Waals surface area contributed by atoms with Crippen molar-refractivity contribution < 1.29 is 9.90 Å². The second-order valence-electron chi connectivity index (χ2n) is 7.96. The minimum absolute atomic E-state index is 0.0318. The highest BCUT2D eigenvalue weighted by Gasteiger charge is 2.56.